The zero-order chi connectivity index (χ0) is 13.4. The first-order chi connectivity index (χ1) is 8.63. The summed E-state index contributed by atoms with van der Waals surface area (Å²) in [4.78, 5) is 11.1. The van der Waals surface area contributed by atoms with Crippen LogP contribution < -0.4 is 4.74 Å². The van der Waals surface area contributed by atoms with Gasteiger partial charge in [-0.2, -0.15) is 0 Å². The summed E-state index contributed by atoms with van der Waals surface area (Å²) in [6.45, 7) is 7.99. The summed E-state index contributed by atoms with van der Waals surface area (Å²) in [7, 11) is 0. The summed E-state index contributed by atoms with van der Waals surface area (Å²) in [6, 6.07) is 7.70. The number of benzene rings is 1. The fourth-order valence-corrected chi connectivity index (χ4v) is 1.27. The Morgan fingerprint density at radius 3 is 2.56 bits per heavy atom. The third kappa shape index (κ3) is 4.87. The minimum atomic E-state index is -0.369. The summed E-state index contributed by atoms with van der Waals surface area (Å²) in [5, 5.41) is 0. The first-order valence-electron chi connectivity index (χ1n) is 5.85. The molecular formula is C15H18O3. The van der Waals surface area contributed by atoms with Gasteiger partial charge in [0, 0.05) is 5.57 Å². The lowest BCUT2D eigenvalue weighted by molar-refractivity contribution is -0.137. The van der Waals surface area contributed by atoms with Gasteiger partial charge in [-0.05, 0) is 37.6 Å². The molecule has 0 N–H and O–H groups in total. The van der Waals surface area contributed by atoms with E-state index < -0.39 is 0 Å². The number of carbonyl (C=O) groups excluding carboxylic acids is 1. The molecule has 0 aliphatic rings. The highest BCUT2D eigenvalue weighted by Crippen LogP contribution is 2.12. The van der Waals surface area contributed by atoms with Crippen molar-refractivity contribution in [3.63, 3.8) is 0 Å². The molecular weight excluding hydrogens is 228 g/mol. The largest absolute Gasteiger partial charge is 0.494 e. The van der Waals surface area contributed by atoms with E-state index in [1.54, 1.807) is 13.0 Å². The monoisotopic (exact) mass is 246 g/mol. The van der Waals surface area contributed by atoms with Gasteiger partial charge in [0.2, 0.25) is 0 Å². The minimum Gasteiger partial charge on any atom is -0.494 e. The van der Waals surface area contributed by atoms with Crippen LogP contribution >= 0.6 is 0 Å². The van der Waals surface area contributed by atoms with Gasteiger partial charge in [0.05, 0.1) is 6.61 Å². The molecule has 0 saturated carbocycles. The molecule has 0 atom stereocenters. The maximum absolute atomic E-state index is 11.1. The van der Waals surface area contributed by atoms with Gasteiger partial charge in [0.15, 0.2) is 0 Å². The van der Waals surface area contributed by atoms with Gasteiger partial charge in [-0.15, -0.1) is 0 Å². The summed E-state index contributed by atoms with van der Waals surface area (Å²) >= 11 is 0. The van der Waals surface area contributed by atoms with Crippen LogP contribution in [0.2, 0.25) is 0 Å². The van der Waals surface area contributed by atoms with E-state index in [0.717, 1.165) is 11.3 Å². The Kier molecular flexibility index (Phi) is 5.71. The van der Waals surface area contributed by atoms with Gasteiger partial charge in [0.25, 0.3) is 0 Å². The van der Waals surface area contributed by atoms with Crippen molar-refractivity contribution in [2.75, 3.05) is 13.2 Å². The van der Waals surface area contributed by atoms with E-state index in [1.807, 2.05) is 37.3 Å². The zero-order valence-electron chi connectivity index (χ0n) is 10.8. The van der Waals surface area contributed by atoms with Crippen LogP contribution in [-0.4, -0.2) is 19.2 Å². The molecule has 1 aromatic carbocycles. The van der Waals surface area contributed by atoms with E-state index in [1.165, 1.54) is 0 Å². The van der Waals surface area contributed by atoms with Crippen LogP contribution in [0.4, 0.5) is 0 Å². The fraction of sp³-hybridized carbons (Fsp3) is 0.267. The predicted octanol–water partition coefficient (Wildman–Crippen LogP) is 3.22. The lowest BCUT2D eigenvalue weighted by atomic mass is 10.2. The highest BCUT2D eigenvalue weighted by Gasteiger charge is 1.99. The van der Waals surface area contributed by atoms with E-state index in [0.29, 0.717) is 12.2 Å². The molecule has 0 radical (unpaired) electrons. The topological polar surface area (TPSA) is 35.5 Å². The van der Waals surface area contributed by atoms with Gasteiger partial charge in [-0.3, -0.25) is 0 Å². The highest BCUT2D eigenvalue weighted by atomic mass is 16.5. The maximum atomic E-state index is 11.1. The molecule has 0 heterocycles. The predicted molar refractivity (Wildman–Crippen MR) is 72.4 cm³/mol. The first-order valence-corrected chi connectivity index (χ1v) is 5.85. The fourth-order valence-electron chi connectivity index (χ4n) is 1.27. The zero-order valence-corrected chi connectivity index (χ0v) is 10.8. The molecule has 18 heavy (non-hydrogen) atoms. The van der Waals surface area contributed by atoms with E-state index >= 15 is 0 Å². The molecule has 0 aliphatic heterocycles. The van der Waals surface area contributed by atoms with Crippen molar-refractivity contribution in [3.8, 4) is 5.75 Å². The lowest BCUT2D eigenvalue weighted by Gasteiger charge is -2.02. The van der Waals surface area contributed by atoms with Crippen LogP contribution in [0.15, 0.2) is 42.5 Å². The van der Waals surface area contributed by atoms with Crippen LogP contribution in [0.3, 0.4) is 0 Å². The van der Waals surface area contributed by atoms with Crippen LogP contribution in [0.25, 0.3) is 6.08 Å². The average molecular weight is 246 g/mol. The van der Waals surface area contributed by atoms with Gasteiger partial charge >= 0.3 is 5.97 Å². The molecule has 0 fully saturated rings. The Bertz CT molecular complexity index is 430. The molecule has 96 valence electrons. The number of carbonyl (C=O) groups is 1. The standard InChI is InChI=1S/C15H18O3/c1-4-17-14-9-7-13(8-10-14)6-5-11-18-15(16)12(2)3/h5-10H,2,4,11H2,1,3H3. The van der Waals surface area contributed by atoms with Crippen LogP contribution in [-0.2, 0) is 9.53 Å². The van der Waals surface area contributed by atoms with Gasteiger partial charge in [-0.1, -0.05) is 24.8 Å². The summed E-state index contributed by atoms with van der Waals surface area (Å²) < 4.78 is 10.3. The molecule has 0 unspecified atom stereocenters. The molecule has 0 bridgehead atoms. The number of rotatable bonds is 6. The second kappa shape index (κ2) is 7.33. The molecule has 0 spiro atoms. The van der Waals surface area contributed by atoms with Crippen molar-refractivity contribution >= 4 is 12.0 Å². The van der Waals surface area contributed by atoms with Crippen molar-refractivity contribution in [2.45, 2.75) is 13.8 Å². The second-order valence-corrected chi connectivity index (χ2v) is 3.78. The normalized spacial score (nSPS) is 10.3. The third-order valence-corrected chi connectivity index (χ3v) is 2.16. The van der Waals surface area contributed by atoms with E-state index in [2.05, 4.69) is 6.58 Å². The first kappa shape index (κ1) is 14.0. The van der Waals surface area contributed by atoms with Gasteiger partial charge in [-0.25, -0.2) is 4.79 Å². The quantitative estimate of drug-likeness (QED) is 0.571. The SMILES string of the molecule is C=C(C)C(=O)OCC=Cc1ccc(OCC)cc1. The minimum absolute atomic E-state index is 0.249. The van der Waals surface area contributed by atoms with Crippen LogP contribution in [0.5, 0.6) is 5.75 Å². The number of hydrogen-bond acceptors (Lipinski definition) is 3. The van der Waals surface area contributed by atoms with E-state index in [-0.39, 0.29) is 12.6 Å². The van der Waals surface area contributed by atoms with Gasteiger partial charge in [0.1, 0.15) is 12.4 Å². The molecule has 0 aromatic heterocycles. The van der Waals surface area contributed by atoms with Crippen molar-refractivity contribution in [1.82, 2.24) is 0 Å². The third-order valence-electron chi connectivity index (χ3n) is 2.16. The molecule has 0 amide bonds. The van der Waals surface area contributed by atoms with Crippen LogP contribution in [0, 0.1) is 0 Å². The molecule has 0 aliphatic carbocycles. The Labute approximate surface area is 108 Å². The summed E-state index contributed by atoms with van der Waals surface area (Å²) in [6.07, 6.45) is 3.68. The molecule has 3 nitrogen and oxygen atoms in total. The van der Waals surface area contributed by atoms with Crippen molar-refractivity contribution in [2.24, 2.45) is 0 Å². The number of ether oxygens (including phenoxy) is 2. The molecule has 1 aromatic rings. The van der Waals surface area contributed by atoms with Crippen molar-refractivity contribution in [1.29, 1.82) is 0 Å². The lowest BCUT2D eigenvalue weighted by Crippen LogP contribution is -2.04. The van der Waals surface area contributed by atoms with Gasteiger partial charge < -0.3 is 9.47 Å². The Hall–Kier alpha value is -2.03. The smallest absolute Gasteiger partial charge is 0.333 e. The molecule has 1 rings (SSSR count). The van der Waals surface area contributed by atoms with E-state index in [4.69, 9.17) is 9.47 Å². The highest BCUT2D eigenvalue weighted by molar-refractivity contribution is 5.87. The maximum Gasteiger partial charge on any atom is 0.333 e. The molecule has 3 heteroatoms. The van der Waals surface area contributed by atoms with Crippen molar-refractivity contribution in [3.05, 3.63) is 48.1 Å². The average Bonchev–Trinajstić information content (AvgIpc) is 2.36. The Balaban J connectivity index is 2.42. The van der Waals surface area contributed by atoms with Crippen molar-refractivity contribution < 1.29 is 14.3 Å². The Morgan fingerprint density at radius 1 is 1.33 bits per heavy atom. The second-order valence-electron chi connectivity index (χ2n) is 3.78. The van der Waals surface area contributed by atoms with Crippen LogP contribution in [0.1, 0.15) is 19.4 Å². The number of esters is 1. The molecule has 0 saturated heterocycles. The summed E-state index contributed by atoms with van der Waals surface area (Å²) in [5.41, 5.74) is 1.44. The Morgan fingerprint density at radius 2 is 2.00 bits per heavy atom. The number of hydrogen-bond donors (Lipinski definition) is 0. The summed E-state index contributed by atoms with van der Waals surface area (Å²) in [5.74, 6) is 0.481. The van der Waals surface area contributed by atoms with E-state index in [9.17, 15) is 4.79 Å².